The van der Waals surface area contributed by atoms with Crippen molar-refractivity contribution in [2.24, 2.45) is 0 Å². The number of urea groups is 1. The first-order chi connectivity index (χ1) is 12.0. The Kier molecular flexibility index (Phi) is 7.21. The van der Waals surface area contributed by atoms with Crippen LogP contribution in [0, 0.1) is 0 Å². The Balaban J connectivity index is 1.93. The summed E-state index contributed by atoms with van der Waals surface area (Å²) in [5.41, 5.74) is 0.761. The molecule has 2 atom stereocenters. The highest BCUT2D eigenvalue weighted by molar-refractivity contribution is 5.88. The highest BCUT2D eigenvalue weighted by Gasteiger charge is 2.25. The number of nitrogens with zero attached hydrogens (tertiary/aromatic N) is 2. The molecule has 1 fully saturated rings. The van der Waals surface area contributed by atoms with Crippen molar-refractivity contribution >= 4 is 11.9 Å². The molecule has 1 aromatic carbocycles. The Hall–Kier alpha value is -2.12. The van der Waals surface area contributed by atoms with Crippen LogP contribution < -0.4 is 10.6 Å². The summed E-state index contributed by atoms with van der Waals surface area (Å²) in [5.74, 6) is -0.165. The highest BCUT2D eigenvalue weighted by atomic mass is 16.5. The van der Waals surface area contributed by atoms with Crippen molar-refractivity contribution in [3.05, 3.63) is 35.9 Å². The van der Waals surface area contributed by atoms with Gasteiger partial charge in [0.2, 0.25) is 5.91 Å². The van der Waals surface area contributed by atoms with E-state index in [9.17, 15) is 9.59 Å². The fourth-order valence-electron chi connectivity index (χ4n) is 2.80. The number of benzene rings is 1. The second-order valence-electron chi connectivity index (χ2n) is 6.51. The molecule has 0 saturated carbocycles. The normalized spacial score (nSPS) is 17.4. The van der Waals surface area contributed by atoms with Gasteiger partial charge in [0.25, 0.3) is 0 Å². The second kappa shape index (κ2) is 9.39. The van der Waals surface area contributed by atoms with Gasteiger partial charge in [0.15, 0.2) is 0 Å². The van der Waals surface area contributed by atoms with Crippen molar-refractivity contribution in [2.75, 3.05) is 46.9 Å². The average molecular weight is 348 g/mol. The van der Waals surface area contributed by atoms with Gasteiger partial charge >= 0.3 is 6.03 Å². The zero-order chi connectivity index (χ0) is 18.2. The van der Waals surface area contributed by atoms with Crippen molar-refractivity contribution in [1.29, 1.82) is 0 Å². The van der Waals surface area contributed by atoms with E-state index in [0.717, 1.165) is 38.4 Å². The van der Waals surface area contributed by atoms with E-state index in [-0.39, 0.29) is 18.0 Å². The van der Waals surface area contributed by atoms with Gasteiger partial charge in [-0.25, -0.2) is 4.79 Å². The van der Waals surface area contributed by atoms with Crippen LogP contribution in [0.1, 0.15) is 18.5 Å². The summed E-state index contributed by atoms with van der Waals surface area (Å²) in [4.78, 5) is 28.6. The van der Waals surface area contributed by atoms with Crippen LogP contribution in [-0.4, -0.2) is 74.7 Å². The summed E-state index contributed by atoms with van der Waals surface area (Å²) in [6.07, 6.45) is 0. The molecule has 0 unspecified atom stereocenters. The van der Waals surface area contributed by atoms with Crippen LogP contribution in [0.2, 0.25) is 0 Å². The van der Waals surface area contributed by atoms with Crippen molar-refractivity contribution in [3.63, 3.8) is 0 Å². The molecule has 2 N–H and O–H groups in total. The Morgan fingerprint density at radius 1 is 1.16 bits per heavy atom. The number of nitrogens with one attached hydrogen (secondary N) is 2. The Labute approximate surface area is 149 Å². The SMILES string of the molecule is C[C@H](CN1CCOCC1)NC(=O)N[C@@H](C(=O)N(C)C)c1ccccc1. The van der Waals surface area contributed by atoms with Crippen LogP contribution in [-0.2, 0) is 9.53 Å². The van der Waals surface area contributed by atoms with Crippen LogP contribution in [0.15, 0.2) is 30.3 Å². The molecule has 0 aliphatic carbocycles. The molecule has 0 spiro atoms. The van der Waals surface area contributed by atoms with Gasteiger partial charge in [-0.05, 0) is 12.5 Å². The number of hydrogen-bond acceptors (Lipinski definition) is 4. The van der Waals surface area contributed by atoms with Crippen molar-refractivity contribution in [2.45, 2.75) is 19.0 Å². The highest BCUT2D eigenvalue weighted by Crippen LogP contribution is 2.14. The molecule has 1 saturated heterocycles. The third-order valence-electron chi connectivity index (χ3n) is 4.11. The van der Waals surface area contributed by atoms with Crippen LogP contribution in [0.5, 0.6) is 0 Å². The van der Waals surface area contributed by atoms with Gasteiger partial charge in [-0.15, -0.1) is 0 Å². The number of amides is 3. The minimum Gasteiger partial charge on any atom is -0.379 e. The van der Waals surface area contributed by atoms with E-state index < -0.39 is 6.04 Å². The maximum absolute atomic E-state index is 12.4. The minimum atomic E-state index is -0.702. The third kappa shape index (κ3) is 6.03. The Bertz CT molecular complexity index is 559. The van der Waals surface area contributed by atoms with E-state index in [1.807, 2.05) is 37.3 Å². The lowest BCUT2D eigenvalue weighted by Gasteiger charge is -2.30. The largest absolute Gasteiger partial charge is 0.379 e. The van der Waals surface area contributed by atoms with E-state index in [0.29, 0.717) is 0 Å². The van der Waals surface area contributed by atoms with E-state index in [1.165, 1.54) is 4.90 Å². The fourth-order valence-corrected chi connectivity index (χ4v) is 2.80. The molecule has 1 aliphatic heterocycles. The van der Waals surface area contributed by atoms with E-state index in [1.54, 1.807) is 14.1 Å². The van der Waals surface area contributed by atoms with Gasteiger partial charge in [-0.2, -0.15) is 0 Å². The predicted octanol–water partition coefficient (Wildman–Crippen LogP) is 0.836. The lowest BCUT2D eigenvalue weighted by atomic mass is 10.1. The van der Waals surface area contributed by atoms with Crippen molar-refractivity contribution in [3.8, 4) is 0 Å². The molecule has 1 aromatic rings. The van der Waals surface area contributed by atoms with Gasteiger partial charge in [0.1, 0.15) is 6.04 Å². The summed E-state index contributed by atoms with van der Waals surface area (Å²) in [6.45, 7) is 5.92. The quantitative estimate of drug-likeness (QED) is 0.799. The summed E-state index contributed by atoms with van der Waals surface area (Å²) >= 11 is 0. The smallest absolute Gasteiger partial charge is 0.315 e. The van der Waals surface area contributed by atoms with Gasteiger partial charge < -0.3 is 20.3 Å². The molecular weight excluding hydrogens is 320 g/mol. The van der Waals surface area contributed by atoms with Gasteiger partial charge in [-0.3, -0.25) is 9.69 Å². The lowest BCUT2D eigenvalue weighted by Crippen LogP contribution is -2.50. The molecule has 7 heteroatoms. The first-order valence-electron chi connectivity index (χ1n) is 8.60. The maximum atomic E-state index is 12.4. The summed E-state index contributed by atoms with van der Waals surface area (Å²) in [7, 11) is 3.36. The van der Waals surface area contributed by atoms with Crippen LogP contribution in [0.4, 0.5) is 4.79 Å². The molecule has 1 aliphatic rings. The first kappa shape index (κ1) is 19.2. The van der Waals surface area contributed by atoms with Gasteiger partial charge in [-0.1, -0.05) is 30.3 Å². The third-order valence-corrected chi connectivity index (χ3v) is 4.11. The monoisotopic (exact) mass is 348 g/mol. The number of carbonyl (C=O) groups is 2. The summed E-state index contributed by atoms with van der Waals surface area (Å²) < 4.78 is 5.33. The van der Waals surface area contributed by atoms with Gasteiger partial charge in [0, 0.05) is 39.8 Å². The van der Waals surface area contributed by atoms with Crippen LogP contribution in [0.25, 0.3) is 0 Å². The fraction of sp³-hybridized carbons (Fsp3) is 0.556. The van der Waals surface area contributed by atoms with Crippen molar-refractivity contribution < 1.29 is 14.3 Å². The number of ether oxygens (including phenoxy) is 1. The first-order valence-corrected chi connectivity index (χ1v) is 8.60. The number of likely N-dealkylation sites (N-methyl/N-ethyl adjacent to an activating group) is 1. The molecular formula is C18H28N4O3. The maximum Gasteiger partial charge on any atom is 0.315 e. The van der Waals surface area contributed by atoms with Crippen molar-refractivity contribution in [1.82, 2.24) is 20.4 Å². The zero-order valence-corrected chi connectivity index (χ0v) is 15.2. The second-order valence-corrected chi connectivity index (χ2v) is 6.51. The Morgan fingerprint density at radius 3 is 2.40 bits per heavy atom. The molecule has 138 valence electrons. The van der Waals surface area contributed by atoms with E-state index in [2.05, 4.69) is 15.5 Å². The minimum absolute atomic E-state index is 0.0241. The topological polar surface area (TPSA) is 73.9 Å². The lowest BCUT2D eigenvalue weighted by molar-refractivity contribution is -0.130. The molecule has 3 amide bonds. The standard InChI is InChI=1S/C18H28N4O3/c1-14(13-22-9-11-25-12-10-22)19-18(24)20-16(17(23)21(2)3)15-7-5-4-6-8-15/h4-8,14,16H,9-13H2,1-3H3,(H2,19,20,24)/t14-,16-/m1/s1. The predicted molar refractivity (Wildman–Crippen MR) is 96.3 cm³/mol. The number of hydrogen-bond donors (Lipinski definition) is 2. The summed E-state index contributed by atoms with van der Waals surface area (Å²) in [5, 5.41) is 5.72. The number of carbonyl (C=O) groups excluding carboxylic acids is 2. The van der Waals surface area contributed by atoms with Gasteiger partial charge in [0.05, 0.1) is 13.2 Å². The zero-order valence-electron chi connectivity index (χ0n) is 15.2. The molecule has 2 rings (SSSR count). The molecule has 0 radical (unpaired) electrons. The number of morpholine rings is 1. The summed E-state index contributed by atoms with van der Waals surface area (Å²) in [6, 6.07) is 8.19. The molecule has 1 heterocycles. The average Bonchev–Trinajstić information content (AvgIpc) is 2.60. The Morgan fingerprint density at radius 2 is 1.80 bits per heavy atom. The molecule has 0 bridgehead atoms. The van der Waals surface area contributed by atoms with E-state index in [4.69, 9.17) is 4.74 Å². The van der Waals surface area contributed by atoms with Crippen LogP contribution >= 0.6 is 0 Å². The van der Waals surface area contributed by atoms with Crippen LogP contribution in [0.3, 0.4) is 0 Å². The van der Waals surface area contributed by atoms with E-state index >= 15 is 0 Å². The number of rotatable bonds is 6. The molecule has 7 nitrogen and oxygen atoms in total. The molecule has 25 heavy (non-hydrogen) atoms. The molecule has 0 aromatic heterocycles.